The molecule has 2 aromatic carbocycles. The molecule has 148 valence electrons. The first-order chi connectivity index (χ1) is 14.6. The highest BCUT2D eigenvalue weighted by molar-refractivity contribution is 6.32. The van der Waals surface area contributed by atoms with Crippen LogP contribution in [0.3, 0.4) is 0 Å². The Labute approximate surface area is 173 Å². The van der Waals surface area contributed by atoms with Crippen LogP contribution in [0.15, 0.2) is 78.5 Å². The van der Waals surface area contributed by atoms with Crippen LogP contribution >= 0.6 is 0 Å². The molecule has 0 aliphatic carbocycles. The van der Waals surface area contributed by atoms with Crippen molar-refractivity contribution in [3.05, 3.63) is 70.8 Å². The summed E-state index contributed by atoms with van der Waals surface area (Å²) in [7, 11) is 0. The van der Waals surface area contributed by atoms with Gasteiger partial charge in [-0.3, -0.25) is 0 Å². The maximum Gasteiger partial charge on any atom is 0.323 e. The van der Waals surface area contributed by atoms with Crippen molar-refractivity contribution < 1.29 is 4.74 Å². The Morgan fingerprint density at radius 2 is 1.10 bits per heavy atom. The number of aryl methyl sites for hydroxylation is 2. The molecule has 0 N–H and O–H groups in total. The maximum absolute atomic E-state index is 5.54. The van der Waals surface area contributed by atoms with Crippen LogP contribution in [0.5, 0.6) is 0 Å². The minimum atomic E-state index is 0.223. The monoisotopic (exact) mass is 397 g/mol. The lowest BCUT2D eigenvalue weighted by Crippen LogP contribution is -2.48. The maximum atomic E-state index is 5.54. The number of benzene rings is 2. The number of rotatable bonds is 3. The predicted molar refractivity (Wildman–Crippen MR) is 119 cm³/mol. The highest BCUT2D eigenvalue weighted by Gasteiger charge is 2.35. The first kappa shape index (κ1) is 18.1. The summed E-state index contributed by atoms with van der Waals surface area (Å²) in [4.78, 5) is 29.1. The SMILES string of the molecule is CCOC1=NC2=NC(c3ccc(C)cc3)=NC3=NC(c4ccc(C)cc4)=NC(=N1)N23. The lowest BCUT2D eigenvalue weighted by atomic mass is 10.1. The quantitative estimate of drug-likeness (QED) is 0.796. The Balaban J connectivity index is 1.65. The molecule has 0 amide bonds. The van der Waals surface area contributed by atoms with Gasteiger partial charge in [0.25, 0.3) is 0 Å². The van der Waals surface area contributed by atoms with Crippen LogP contribution in [0.4, 0.5) is 0 Å². The number of aliphatic imine (C=N–C) groups is 6. The van der Waals surface area contributed by atoms with E-state index in [0.717, 1.165) is 22.3 Å². The predicted octanol–water partition coefficient (Wildman–Crippen LogP) is 3.30. The van der Waals surface area contributed by atoms with Crippen LogP contribution in [0.2, 0.25) is 0 Å². The minimum absolute atomic E-state index is 0.223. The van der Waals surface area contributed by atoms with Crippen LogP contribution in [-0.2, 0) is 4.74 Å². The van der Waals surface area contributed by atoms with Gasteiger partial charge in [-0.2, -0.15) is 30.0 Å². The molecule has 0 fully saturated rings. The zero-order chi connectivity index (χ0) is 20.7. The summed E-state index contributed by atoms with van der Waals surface area (Å²) in [6.07, 6.45) is 0. The number of hydrogen-bond donors (Lipinski definition) is 0. The largest absolute Gasteiger partial charge is 0.464 e. The molecular weight excluding hydrogens is 378 g/mol. The molecule has 0 bridgehead atoms. The summed E-state index contributed by atoms with van der Waals surface area (Å²) in [6.45, 7) is 6.40. The molecule has 3 aliphatic rings. The van der Waals surface area contributed by atoms with E-state index < -0.39 is 0 Å². The van der Waals surface area contributed by atoms with Crippen LogP contribution < -0.4 is 0 Å². The normalized spacial score (nSPS) is 17.1. The number of hydrogen-bond acceptors (Lipinski definition) is 8. The number of nitrogens with zero attached hydrogens (tertiary/aromatic N) is 7. The van der Waals surface area contributed by atoms with Crippen LogP contribution in [-0.4, -0.2) is 47.1 Å². The van der Waals surface area contributed by atoms with Crippen molar-refractivity contribution in [2.75, 3.05) is 6.61 Å². The van der Waals surface area contributed by atoms with E-state index in [1.807, 2.05) is 69.3 Å². The molecule has 0 unspecified atom stereocenters. The summed E-state index contributed by atoms with van der Waals surface area (Å²) in [5.41, 5.74) is 4.09. The van der Waals surface area contributed by atoms with Crippen molar-refractivity contribution in [3.63, 3.8) is 0 Å². The van der Waals surface area contributed by atoms with Gasteiger partial charge in [0, 0.05) is 11.1 Å². The number of amidine groups is 3. The summed E-state index contributed by atoms with van der Waals surface area (Å²) < 4.78 is 5.54. The van der Waals surface area contributed by atoms with Gasteiger partial charge in [0.2, 0.25) is 17.9 Å². The van der Waals surface area contributed by atoms with Crippen molar-refractivity contribution in [1.29, 1.82) is 0 Å². The van der Waals surface area contributed by atoms with E-state index in [0.29, 0.717) is 36.2 Å². The van der Waals surface area contributed by atoms with Gasteiger partial charge in [0.1, 0.15) is 0 Å². The van der Waals surface area contributed by atoms with E-state index in [-0.39, 0.29) is 6.02 Å². The third kappa shape index (κ3) is 3.22. The van der Waals surface area contributed by atoms with Gasteiger partial charge in [-0.15, -0.1) is 0 Å². The Kier molecular flexibility index (Phi) is 4.31. The molecule has 0 saturated carbocycles. The number of ether oxygens (including phenoxy) is 1. The third-order valence-corrected chi connectivity index (χ3v) is 4.71. The van der Waals surface area contributed by atoms with Crippen molar-refractivity contribution in [1.82, 2.24) is 4.90 Å². The van der Waals surface area contributed by atoms with Crippen LogP contribution in [0.1, 0.15) is 29.2 Å². The third-order valence-electron chi connectivity index (χ3n) is 4.71. The average molecular weight is 397 g/mol. The van der Waals surface area contributed by atoms with E-state index in [2.05, 4.69) is 30.0 Å². The van der Waals surface area contributed by atoms with Gasteiger partial charge in [0.05, 0.1) is 6.61 Å². The van der Waals surface area contributed by atoms with E-state index in [1.54, 1.807) is 4.90 Å². The summed E-state index contributed by atoms with van der Waals surface area (Å²) in [5, 5.41) is 0. The van der Waals surface area contributed by atoms with Gasteiger partial charge >= 0.3 is 6.02 Å². The second-order valence-electron chi connectivity index (χ2n) is 7.00. The molecule has 0 spiro atoms. The summed E-state index contributed by atoms with van der Waals surface area (Å²) in [5.74, 6) is 2.27. The Bertz CT molecular complexity index is 1150. The van der Waals surface area contributed by atoms with Crippen molar-refractivity contribution in [2.45, 2.75) is 20.8 Å². The molecule has 3 heterocycles. The molecule has 0 saturated heterocycles. The molecule has 8 nitrogen and oxygen atoms in total. The highest BCUT2D eigenvalue weighted by atomic mass is 16.5. The van der Waals surface area contributed by atoms with Gasteiger partial charge in [-0.25, -0.2) is 4.90 Å². The van der Waals surface area contributed by atoms with Crippen LogP contribution in [0.25, 0.3) is 0 Å². The molecule has 5 rings (SSSR count). The second-order valence-corrected chi connectivity index (χ2v) is 7.00. The lowest BCUT2D eigenvalue weighted by molar-refractivity contribution is 0.321. The van der Waals surface area contributed by atoms with E-state index in [9.17, 15) is 0 Å². The highest BCUT2D eigenvalue weighted by Crippen LogP contribution is 2.21. The molecule has 0 atom stereocenters. The first-order valence-corrected chi connectivity index (χ1v) is 9.70. The smallest absolute Gasteiger partial charge is 0.323 e. The van der Waals surface area contributed by atoms with Crippen molar-refractivity contribution in [2.24, 2.45) is 30.0 Å². The summed E-state index contributed by atoms with van der Waals surface area (Å²) >= 11 is 0. The fourth-order valence-electron chi connectivity index (χ4n) is 3.13. The van der Waals surface area contributed by atoms with Gasteiger partial charge in [-0.05, 0) is 20.8 Å². The Morgan fingerprint density at radius 3 is 1.60 bits per heavy atom. The van der Waals surface area contributed by atoms with E-state index in [1.165, 1.54) is 0 Å². The van der Waals surface area contributed by atoms with Crippen molar-refractivity contribution in [3.8, 4) is 0 Å². The zero-order valence-corrected chi connectivity index (χ0v) is 16.9. The topological polar surface area (TPSA) is 86.6 Å². The Morgan fingerprint density at radius 1 is 0.633 bits per heavy atom. The molecule has 0 radical (unpaired) electrons. The molecular formula is C22H19N7O. The standard InChI is InChI=1S/C22H19N7O/c1-4-30-22-27-20-25-17(15-9-5-13(2)6-10-15)23-19-24-18(26-21(28-22)29(19)20)16-11-7-14(3)8-12-16/h5-12H,4H2,1-3H3. The summed E-state index contributed by atoms with van der Waals surface area (Å²) in [6, 6.07) is 16.2. The first-order valence-electron chi connectivity index (χ1n) is 9.70. The van der Waals surface area contributed by atoms with Crippen molar-refractivity contribution >= 4 is 35.6 Å². The van der Waals surface area contributed by atoms with E-state index in [4.69, 9.17) is 4.74 Å². The van der Waals surface area contributed by atoms with E-state index >= 15 is 0 Å². The fraction of sp³-hybridized carbons (Fsp3) is 0.182. The number of guanidine groups is 3. The molecule has 8 heteroatoms. The average Bonchev–Trinajstić information content (AvgIpc) is 2.74. The van der Waals surface area contributed by atoms with Gasteiger partial charge in [-0.1, -0.05) is 59.7 Å². The van der Waals surface area contributed by atoms with Gasteiger partial charge in [0.15, 0.2) is 11.7 Å². The zero-order valence-electron chi connectivity index (χ0n) is 16.9. The molecule has 30 heavy (non-hydrogen) atoms. The molecule has 2 aromatic rings. The lowest BCUT2D eigenvalue weighted by Gasteiger charge is -2.30. The Hall–Kier alpha value is -3.94. The fourth-order valence-corrected chi connectivity index (χ4v) is 3.13. The minimum Gasteiger partial charge on any atom is -0.464 e. The molecule has 0 aromatic heterocycles. The second kappa shape index (κ2) is 7.14. The van der Waals surface area contributed by atoms with Gasteiger partial charge < -0.3 is 4.74 Å². The van der Waals surface area contributed by atoms with Crippen LogP contribution in [0, 0.1) is 13.8 Å². The molecule has 3 aliphatic heterocycles.